The molecule has 26 heavy (non-hydrogen) atoms. The van der Waals surface area contributed by atoms with E-state index < -0.39 is 11.2 Å². The maximum absolute atomic E-state index is 12.2. The third-order valence-electron chi connectivity index (χ3n) is 5.45. The SMILES string of the molecule is C[C@H](c1cccc(-c2nc3c(c(=O)[nH]c(=O)n3C)n2C)c1)N1CCCC1. The third-order valence-corrected chi connectivity index (χ3v) is 5.45. The van der Waals surface area contributed by atoms with Crippen LogP contribution in [0.3, 0.4) is 0 Å². The normalized spacial score (nSPS) is 16.4. The molecule has 0 bridgehead atoms. The lowest BCUT2D eigenvalue weighted by molar-refractivity contribution is 0.263. The highest BCUT2D eigenvalue weighted by Crippen LogP contribution is 2.28. The van der Waals surface area contributed by atoms with E-state index >= 15 is 0 Å². The number of fused-ring (bicyclic) bond motifs is 1. The Morgan fingerprint density at radius 1 is 1.12 bits per heavy atom. The smallest absolute Gasteiger partial charge is 0.321 e. The number of nitrogens with one attached hydrogen (secondary N) is 1. The Balaban J connectivity index is 1.83. The molecule has 3 heterocycles. The van der Waals surface area contributed by atoms with Crippen molar-refractivity contribution in [2.45, 2.75) is 25.8 Å². The highest BCUT2D eigenvalue weighted by molar-refractivity contribution is 5.76. The third kappa shape index (κ3) is 2.59. The van der Waals surface area contributed by atoms with Crippen molar-refractivity contribution < 1.29 is 0 Å². The summed E-state index contributed by atoms with van der Waals surface area (Å²) in [5.41, 5.74) is 2.11. The molecule has 0 radical (unpaired) electrons. The monoisotopic (exact) mass is 353 g/mol. The van der Waals surface area contributed by atoms with Gasteiger partial charge in [-0.3, -0.25) is 19.2 Å². The minimum absolute atomic E-state index is 0.347. The molecule has 7 heteroatoms. The Morgan fingerprint density at radius 3 is 2.58 bits per heavy atom. The number of aryl methyl sites for hydroxylation is 2. The lowest BCUT2D eigenvalue weighted by Gasteiger charge is -2.24. The maximum Gasteiger partial charge on any atom is 0.329 e. The molecular weight excluding hydrogens is 330 g/mol. The molecule has 0 unspecified atom stereocenters. The first-order chi connectivity index (χ1) is 12.5. The van der Waals surface area contributed by atoms with E-state index in [0.29, 0.717) is 23.0 Å². The molecule has 3 aromatic rings. The molecule has 0 aliphatic carbocycles. The number of rotatable bonds is 3. The molecule has 136 valence electrons. The van der Waals surface area contributed by atoms with Gasteiger partial charge < -0.3 is 4.57 Å². The zero-order valence-corrected chi connectivity index (χ0v) is 15.3. The van der Waals surface area contributed by atoms with Gasteiger partial charge in [-0.05, 0) is 44.5 Å². The first kappa shape index (κ1) is 16.8. The van der Waals surface area contributed by atoms with E-state index in [0.717, 1.165) is 18.7 Å². The Bertz CT molecular complexity index is 1090. The number of H-pyrrole nitrogens is 1. The maximum atomic E-state index is 12.2. The van der Waals surface area contributed by atoms with Gasteiger partial charge in [-0.1, -0.05) is 18.2 Å². The quantitative estimate of drug-likeness (QED) is 0.779. The van der Waals surface area contributed by atoms with Gasteiger partial charge in [-0.15, -0.1) is 0 Å². The number of likely N-dealkylation sites (tertiary alicyclic amines) is 1. The fourth-order valence-electron chi connectivity index (χ4n) is 3.84. The van der Waals surface area contributed by atoms with Crippen LogP contribution in [0.25, 0.3) is 22.6 Å². The van der Waals surface area contributed by atoms with Crippen LogP contribution in [0, 0.1) is 0 Å². The molecule has 1 N–H and O–H groups in total. The molecule has 1 atom stereocenters. The van der Waals surface area contributed by atoms with Crippen molar-refractivity contribution in [2.75, 3.05) is 13.1 Å². The molecule has 1 saturated heterocycles. The number of aromatic amines is 1. The minimum atomic E-state index is -0.455. The number of benzene rings is 1. The Kier molecular flexibility index (Phi) is 4.03. The standard InChI is InChI=1S/C19H23N5O2/c1-12(24-9-4-5-10-24)13-7-6-8-14(11-13)16-20-17-15(22(16)2)18(25)21-19(26)23(17)3/h6-8,11-12H,4-5,9-10H2,1-3H3,(H,21,25,26)/t12-/m1/s1. The van der Waals surface area contributed by atoms with Crippen LogP contribution in [-0.2, 0) is 14.1 Å². The number of nitrogens with zero attached hydrogens (tertiary/aromatic N) is 4. The summed E-state index contributed by atoms with van der Waals surface area (Å²) in [5.74, 6) is 0.683. The number of hydrogen-bond acceptors (Lipinski definition) is 4. The van der Waals surface area contributed by atoms with E-state index in [9.17, 15) is 9.59 Å². The fourth-order valence-corrected chi connectivity index (χ4v) is 3.84. The lowest BCUT2D eigenvalue weighted by Crippen LogP contribution is -2.29. The van der Waals surface area contributed by atoms with Crippen LogP contribution in [0.5, 0.6) is 0 Å². The number of aromatic nitrogens is 4. The summed E-state index contributed by atoms with van der Waals surface area (Å²) in [6.07, 6.45) is 2.51. The molecular formula is C19H23N5O2. The highest BCUT2D eigenvalue weighted by atomic mass is 16.2. The van der Waals surface area contributed by atoms with E-state index in [-0.39, 0.29) is 0 Å². The first-order valence-corrected chi connectivity index (χ1v) is 8.97. The summed E-state index contributed by atoms with van der Waals surface area (Å²) in [5, 5.41) is 0. The average molecular weight is 353 g/mol. The summed E-state index contributed by atoms with van der Waals surface area (Å²) < 4.78 is 3.13. The largest absolute Gasteiger partial charge is 0.329 e. The molecule has 0 saturated carbocycles. The zero-order valence-electron chi connectivity index (χ0n) is 15.3. The van der Waals surface area contributed by atoms with Gasteiger partial charge in [-0.2, -0.15) is 0 Å². The second kappa shape index (κ2) is 6.25. The molecule has 1 aliphatic rings. The number of hydrogen-bond donors (Lipinski definition) is 1. The van der Waals surface area contributed by atoms with Crippen LogP contribution < -0.4 is 11.2 Å². The average Bonchev–Trinajstić information content (AvgIpc) is 3.27. The number of imidazole rings is 1. The van der Waals surface area contributed by atoms with Gasteiger partial charge >= 0.3 is 5.69 Å². The van der Waals surface area contributed by atoms with Crippen molar-refractivity contribution in [3.05, 3.63) is 50.7 Å². The van der Waals surface area contributed by atoms with Crippen molar-refractivity contribution >= 4 is 11.2 Å². The van der Waals surface area contributed by atoms with Gasteiger partial charge in [0.1, 0.15) is 5.82 Å². The molecule has 2 aromatic heterocycles. The van der Waals surface area contributed by atoms with E-state index in [1.165, 1.54) is 23.0 Å². The predicted molar refractivity (Wildman–Crippen MR) is 101 cm³/mol. The molecule has 0 amide bonds. The van der Waals surface area contributed by atoms with Crippen LogP contribution in [-0.4, -0.2) is 37.1 Å². The van der Waals surface area contributed by atoms with Crippen LogP contribution in [0.4, 0.5) is 0 Å². The Morgan fingerprint density at radius 2 is 1.85 bits per heavy atom. The molecule has 0 spiro atoms. The van der Waals surface area contributed by atoms with Crippen LogP contribution in [0.2, 0.25) is 0 Å². The van der Waals surface area contributed by atoms with Gasteiger partial charge in [0.05, 0.1) is 0 Å². The van der Waals surface area contributed by atoms with Crippen molar-refractivity contribution in [1.82, 2.24) is 24.0 Å². The summed E-state index contributed by atoms with van der Waals surface area (Å²) in [6, 6.07) is 8.64. The summed E-state index contributed by atoms with van der Waals surface area (Å²) in [7, 11) is 3.42. The van der Waals surface area contributed by atoms with Gasteiger partial charge in [0, 0.05) is 25.7 Å². The summed E-state index contributed by atoms with van der Waals surface area (Å²) in [6.45, 7) is 4.50. The molecule has 7 nitrogen and oxygen atoms in total. The Hall–Kier alpha value is -2.67. The molecule has 1 fully saturated rings. The molecule has 4 rings (SSSR count). The molecule has 1 aliphatic heterocycles. The van der Waals surface area contributed by atoms with Crippen molar-refractivity contribution in [2.24, 2.45) is 14.1 Å². The van der Waals surface area contributed by atoms with Gasteiger partial charge in [0.2, 0.25) is 0 Å². The Labute approximate surface area is 150 Å². The van der Waals surface area contributed by atoms with Gasteiger partial charge in [-0.25, -0.2) is 9.78 Å². The van der Waals surface area contributed by atoms with Crippen molar-refractivity contribution in [3.63, 3.8) is 0 Å². The van der Waals surface area contributed by atoms with E-state index in [1.807, 2.05) is 12.1 Å². The summed E-state index contributed by atoms with van der Waals surface area (Å²) >= 11 is 0. The van der Waals surface area contributed by atoms with Crippen molar-refractivity contribution in [3.8, 4) is 11.4 Å². The van der Waals surface area contributed by atoms with Gasteiger partial charge in [0.25, 0.3) is 5.56 Å². The first-order valence-electron chi connectivity index (χ1n) is 8.97. The van der Waals surface area contributed by atoms with E-state index in [4.69, 9.17) is 0 Å². The van der Waals surface area contributed by atoms with Gasteiger partial charge in [0.15, 0.2) is 11.2 Å². The van der Waals surface area contributed by atoms with Crippen LogP contribution in [0.15, 0.2) is 33.9 Å². The van der Waals surface area contributed by atoms with Crippen LogP contribution >= 0.6 is 0 Å². The predicted octanol–water partition coefficient (Wildman–Crippen LogP) is 1.78. The van der Waals surface area contributed by atoms with E-state index in [2.05, 4.69) is 33.9 Å². The fraction of sp³-hybridized carbons (Fsp3) is 0.421. The van der Waals surface area contributed by atoms with Crippen LogP contribution in [0.1, 0.15) is 31.4 Å². The molecule has 1 aromatic carbocycles. The highest BCUT2D eigenvalue weighted by Gasteiger charge is 2.21. The summed E-state index contributed by atoms with van der Waals surface area (Å²) in [4.78, 5) is 33.5. The minimum Gasteiger partial charge on any atom is -0.321 e. The second-order valence-electron chi connectivity index (χ2n) is 7.03. The topological polar surface area (TPSA) is 75.9 Å². The van der Waals surface area contributed by atoms with Crippen molar-refractivity contribution in [1.29, 1.82) is 0 Å². The van der Waals surface area contributed by atoms with E-state index in [1.54, 1.807) is 18.7 Å². The lowest BCUT2D eigenvalue weighted by atomic mass is 10.0. The zero-order chi connectivity index (χ0) is 18.4. The second-order valence-corrected chi connectivity index (χ2v) is 7.03.